The highest BCUT2D eigenvalue weighted by Gasteiger charge is 2.54. The Morgan fingerprint density at radius 1 is 1.21 bits per heavy atom. The van der Waals surface area contributed by atoms with Crippen LogP contribution >= 0.6 is 0 Å². The number of hydrogen-bond acceptors (Lipinski definition) is 1. The zero-order valence-electron chi connectivity index (χ0n) is 9.04. The lowest BCUT2D eigenvalue weighted by atomic mass is 9.46. The van der Waals surface area contributed by atoms with E-state index in [0.717, 1.165) is 17.8 Å². The molecule has 0 aromatic carbocycles. The minimum absolute atomic E-state index is 0.436. The van der Waals surface area contributed by atoms with Crippen LogP contribution in [0.3, 0.4) is 0 Å². The van der Waals surface area contributed by atoms with E-state index in [9.17, 15) is 4.79 Å². The summed E-state index contributed by atoms with van der Waals surface area (Å²) in [5.41, 5.74) is 0.663. The average molecular weight is 192 g/mol. The van der Waals surface area contributed by atoms with Crippen molar-refractivity contribution >= 4 is 6.29 Å². The summed E-state index contributed by atoms with van der Waals surface area (Å²) in [6, 6.07) is 0. The third-order valence-electron chi connectivity index (χ3n) is 5.38. The van der Waals surface area contributed by atoms with E-state index in [2.05, 4.69) is 6.92 Å². The van der Waals surface area contributed by atoms with Crippen LogP contribution in [0.5, 0.6) is 0 Å². The second-order valence-electron chi connectivity index (χ2n) is 6.04. The number of carbonyl (C=O) groups excluding carboxylic acids is 1. The SMILES string of the molecule is CCC12CC3CC(C1)C(C=O)C(C3)C2. The second kappa shape index (κ2) is 2.84. The lowest BCUT2D eigenvalue weighted by Gasteiger charge is -2.59. The van der Waals surface area contributed by atoms with Gasteiger partial charge in [-0.25, -0.2) is 0 Å². The van der Waals surface area contributed by atoms with E-state index < -0.39 is 0 Å². The number of aldehydes is 1. The molecule has 0 aromatic heterocycles. The lowest BCUT2D eigenvalue weighted by Crippen LogP contribution is -2.51. The summed E-state index contributed by atoms with van der Waals surface area (Å²) in [6.45, 7) is 2.35. The van der Waals surface area contributed by atoms with Crippen LogP contribution in [0.4, 0.5) is 0 Å². The minimum Gasteiger partial charge on any atom is -0.303 e. The lowest BCUT2D eigenvalue weighted by molar-refractivity contribution is -0.132. The van der Waals surface area contributed by atoms with E-state index in [4.69, 9.17) is 0 Å². The number of hydrogen-bond donors (Lipinski definition) is 0. The van der Waals surface area contributed by atoms with Gasteiger partial charge in [-0.15, -0.1) is 0 Å². The van der Waals surface area contributed by atoms with Gasteiger partial charge in [-0.3, -0.25) is 0 Å². The van der Waals surface area contributed by atoms with Gasteiger partial charge in [-0.05, 0) is 55.3 Å². The molecule has 2 atom stereocenters. The topological polar surface area (TPSA) is 17.1 Å². The Morgan fingerprint density at radius 2 is 1.86 bits per heavy atom. The Hall–Kier alpha value is -0.330. The van der Waals surface area contributed by atoms with Crippen LogP contribution in [0, 0.1) is 29.1 Å². The molecule has 1 heteroatoms. The summed E-state index contributed by atoms with van der Waals surface area (Å²) in [5.74, 6) is 2.94. The van der Waals surface area contributed by atoms with Gasteiger partial charge in [-0.1, -0.05) is 13.3 Å². The zero-order chi connectivity index (χ0) is 9.76. The van der Waals surface area contributed by atoms with Gasteiger partial charge in [-0.2, -0.15) is 0 Å². The van der Waals surface area contributed by atoms with Gasteiger partial charge >= 0.3 is 0 Å². The van der Waals surface area contributed by atoms with Crippen molar-refractivity contribution in [2.75, 3.05) is 0 Å². The Kier molecular flexibility index (Phi) is 1.81. The van der Waals surface area contributed by atoms with Crippen LogP contribution in [0.25, 0.3) is 0 Å². The smallest absolute Gasteiger partial charge is 0.123 e. The molecule has 4 aliphatic rings. The fourth-order valence-corrected chi connectivity index (χ4v) is 4.89. The zero-order valence-corrected chi connectivity index (χ0v) is 9.04. The van der Waals surface area contributed by atoms with Crippen molar-refractivity contribution in [2.45, 2.75) is 45.4 Å². The monoisotopic (exact) mass is 192 g/mol. The Labute approximate surface area is 86.3 Å². The molecule has 0 aliphatic heterocycles. The van der Waals surface area contributed by atoms with Crippen molar-refractivity contribution in [3.8, 4) is 0 Å². The molecule has 4 rings (SSSR count). The van der Waals surface area contributed by atoms with Gasteiger partial charge in [0.1, 0.15) is 6.29 Å². The molecular weight excluding hydrogens is 172 g/mol. The molecule has 1 nitrogen and oxygen atoms in total. The van der Waals surface area contributed by atoms with Crippen LogP contribution in [0.2, 0.25) is 0 Å². The maximum atomic E-state index is 11.1. The Balaban J connectivity index is 1.91. The first-order valence-corrected chi connectivity index (χ1v) is 6.21. The van der Waals surface area contributed by atoms with E-state index >= 15 is 0 Å². The van der Waals surface area contributed by atoms with Gasteiger partial charge in [0.15, 0.2) is 0 Å². The molecule has 0 radical (unpaired) electrons. The summed E-state index contributed by atoms with van der Waals surface area (Å²) in [5, 5.41) is 0. The third kappa shape index (κ3) is 1.04. The van der Waals surface area contributed by atoms with Crippen molar-refractivity contribution in [1.82, 2.24) is 0 Å². The van der Waals surface area contributed by atoms with Gasteiger partial charge in [0.2, 0.25) is 0 Å². The molecular formula is C13H20O. The van der Waals surface area contributed by atoms with Crippen molar-refractivity contribution in [3.05, 3.63) is 0 Å². The van der Waals surface area contributed by atoms with Crippen LogP contribution in [-0.4, -0.2) is 6.29 Å². The van der Waals surface area contributed by atoms with Crippen molar-refractivity contribution in [2.24, 2.45) is 29.1 Å². The normalized spacial score (nSPS) is 54.9. The van der Waals surface area contributed by atoms with Crippen LogP contribution in [0.1, 0.15) is 45.4 Å². The molecule has 4 saturated carbocycles. The fraction of sp³-hybridized carbons (Fsp3) is 0.923. The summed E-state index contributed by atoms with van der Waals surface area (Å²) >= 11 is 0. The van der Waals surface area contributed by atoms with Crippen molar-refractivity contribution < 1.29 is 4.79 Å². The maximum absolute atomic E-state index is 11.1. The quantitative estimate of drug-likeness (QED) is 0.615. The van der Waals surface area contributed by atoms with Crippen LogP contribution < -0.4 is 0 Å². The predicted octanol–water partition coefficient (Wildman–Crippen LogP) is 3.04. The van der Waals surface area contributed by atoms with Crippen molar-refractivity contribution in [1.29, 1.82) is 0 Å². The van der Waals surface area contributed by atoms with Crippen LogP contribution in [-0.2, 0) is 4.79 Å². The van der Waals surface area contributed by atoms with E-state index in [1.807, 2.05) is 0 Å². The van der Waals surface area contributed by atoms with E-state index in [1.54, 1.807) is 0 Å². The molecule has 2 unspecified atom stereocenters. The van der Waals surface area contributed by atoms with E-state index in [-0.39, 0.29) is 0 Å². The van der Waals surface area contributed by atoms with E-state index in [1.165, 1.54) is 44.8 Å². The number of rotatable bonds is 2. The highest BCUT2D eigenvalue weighted by Crippen LogP contribution is 2.62. The summed E-state index contributed by atoms with van der Waals surface area (Å²) < 4.78 is 0. The molecule has 14 heavy (non-hydrogen) atoms. The largest absolute Gasteiger partial charge is 0.303 e. The van der Waals surface area contributed by atoms with Gasteiger partial charge in [0, 0.05) is 5.92 Å². The van der Waals surface area contributed by atoms with E-state index in [0.29, 0.717) is 11.3 Å². The average Bonchev–Trinajstić information content (AvgIpc) is 2.17. The third-order valence-corrected chi connectivity index (χ3v) is 5.38. The van der Waals surface area contributed by atoms with Crippen molar-refractivity contribution in [3.63, 3.8) is 0 Å². The Morgan fingerprint density at radius 3 is 2.36 bits per heavy atom. The molecule has 0 saturated heterocycles. The highest BCUT2D eigenvalue weighted by atomic mass is 16.1. The molecule has 0 amide bonds. The van der Waals surface area contributed by atoms with Gasteiger partial charge in [0.05, 0.1) is 0 Å². The minimum atomic E-state index is 0.436. The first-order chi connectivity index (χ1) is 6.76. The molecule has 0 N–H and O–H groups in total. The molecule has 0 spiro atoms. The molecule has 4 aliphatic carbocycles. The molecule has 4 bridgehead atoms. The molecule has 0 aromatic rings. The van der Waals surface area contributed by atoms with Crippen LogP contribution in [0.15, 0.2) is 0 Å². The fourth-order valence-electron chi connectivity index (χ4n) is 4.89. The number of carbonyl (C=O) groups is 1. The standard InChI is InChI=1S/C13H20O/c1-2-13-5-9-3-10(6-13)12(8-14)11(4-9)7-13/h8-12H,2-7H2,1H3. The molecule has 0 heterocycles. The first kappa shape index (κ1) is 8.94. The Bertz CT molecular complexity index is 242. The molecule has 78 valence electrons. The van der Waals surface area contributed by atoms with Gasteiger partial charge < -0.3 is 4.79 Å². The predicted molar refractivity (Wildman–Crippen MR) is 55.8 cm³/mol. The highest BCUT2D eigenvalue weighted by molar-refractivity contribution is 5.55. The second-order valence-corrected chi connectivity index (χ2v) is 6.04. The first-order valence-electron chi connectivity index (χ1n) is 6.21. The van der Waals surface area contributed by atoms with Gasteiger partial charge in [0.25, 0.3) is 0 Å². The summed E-state index contributed by atoms with van der Waals surface area (Å²) in [7, 11) is 0. The summed E-state index contributed by atoms with van der Waals surface area (Å²) in [6.07, 6.45) is 9.55. The maximum Gasteiger partial charge on any atom is 0.123 e. The molecule has 4 fully saturated rings. The summed E-state index contributed by atoms with van der Waals surface area (Å²) in [4.78, 5) is 11.1.